The average molecular weight is 294 g/mol. The lowest BCUT2D eigenvalue weighted by molar-refractivity contribution is 0.685. The third kappa shape index (κ3) is 2.02. The van der Waals surface area contributed by atoms with E-state index in [9.17, 15) is 4.79 Å². The molecular weight excluding hydrogens is 280 g/mol. The lowest BCUT2D eigenvalue weighted by Gasteiger charge is -2.29. The minimum absolute atomic E-state index is 0.0628. The van der Waals surface area contributed by atoms with E-state index in [0.717, 1.165) is 40.9 Å². The Morgan fingerprint density at radius 2 is 2.23 bits per heavy atom. The summed E-state index contributed by atoms with van der Waals surface area (Å²) in [6, 6.07) is 1.90. The van der Waals surface area contributed by atoms with Crippen LogP contribution >= 0.6 is 0 Å². The average Bonchev–Trinajstić information content (AvgIpc) is 2.54. The molecule has 0 saturated heterocycles. The summed E-state index contributed by atoms with van der Waals surface area (Å²) in [6.07, 6.45) is 5.71. The van der Waals surface area contributed by atoms with Crippen molar-refractivity contribution < 1.29 is 0 Å². The van der Waals surface area contributed by atoms with Crippen molar-refractivity contribution in [1.29, 1.82) is 0 Å². The predicted molar refractivity (Wildman–Crippen MR) is 81.7 cm³/mol. The number of pyridine rings is 1. The van der Waals surface area contributed by atoms with Gasteiger partial charge in [0.15, 0.2) is 0 Å². The van der Waals surface area contributed by atoms with Gasteiger partial charge in [-0.15, -0.1) is 0 Å². The van der Waals surface area contributed by atoms with Crippen LogP contribution in [0.5, 0.6) is 0 Å². The van der Waals surface area contributed by atoms with Crippen LogP contribution in [0.1, 0.15) is 17.1 Å². The number of aromatic nitrogens is 5. The van der Waals surface area contributed by atoms with Gasteiger partial charge in [-0.3, -0.25) is 9.78 Å². The summed E-state index contributed by atoms with van der Waals surface area (Å²) in [5.41, 5.74) is 2.34. The van der Waals surface area contributed by atoms with Crippen molar-refractivity contribution in [3.8, 4) is 0 Å². The molecule has 0 spiro atoms. The molecule has 110 valence electrons. The molecule has 0 radical (unpaired) electrons. The molecule has 0 unspecified atom stereocenters. The van der Waals surface area contributed by atoms with Gasteiger partial charge in [0.25, 0.3) is 5.56 Å². The van der Waals surface area contributed by atoms with E-state index in [4.69, 9.17) is 0 Å². The van der Waals surface area contributed by atoms with Crippen LogP contribution in [0.2, 0.25) is 0 Å². The van der Waals surface area contributed by atoms with E-state index in [1.807, 2.05) is 6.07 Å². The van der Waals surface area contributed by atoms with Gasteiger partial charge in [0.2, 0.25) is 0 Å². The zero-order valence-corrected chi connectivity index (χ0v) is 12.1. The molecule has 0 aliphatic carbocycles. The van der Waals surface area contributed by atoms with Crippen LogP contribution in [0.15, 0.2) is 29.6 Å². The van der Waals surface area contributed by atoms with Gasteiger partial charge >= 0.3 is 0 Å². The Bertz CT molecular complexity index is 914. The first-order chi connectivity index (χ1) is 10.7. The van der Waals surface area contributed by atoms with Crippen LogP contribution in [0.25, 0.3) is 10.9 Å². The van der Waals surface area contributed by atoms with Crippen molar-refractivity contribution >= 4 is 16.7 Å². The van der Waals surface area contributed by atoms with Gasteiger partial charge in [0.1, 0.15) is 18.0 Å². The second-order valence-electron chi connectivity index (χ2n) is 5.34. The second-order valence-corrected chi connectivity index (χ2v) is 5.34. The highest BCUT2D eigenvalue weighted by Gasteiger charge is 2.22. The summed E-state index contributed by atoms with van der Waals surface area (Å²) >= 11 is 0. The smallest absolute Gasteiger partial charge is 0.256 e. The molecule has 0 aromatic carbocycles. The first-order valence-electron chi connectivity index (χ1n) is 7.11. The predicted octanol–water partition coefficient (Wildman–Crippen LogP) is 0.979. The Labute approximate surface area is 126 Å². The van der Waals surface area contributed by atoms with E-state index >= 15 is 0 Å². The van der Waals surface area contributed by atoms with E-state index in [2.05, 4.69) is 29.8 Å². The Balaban J connectivity index is 1.80. The summed E-state index contributed by atoms with van der Waals surface area (Å²) in [7, 11) is 0. The number of nitrogens with zero attached hydrogens (tertiary/aromatic N) is 5. The molecule has 22 heavy (non-hydrogen) atoms. The van der Waals surface area contributed by atoms with E-state index in [1.165, 1.54) is 6.33 Å². The monoisotopic (exact) mass is 294 g/mol. The van der Waals surface area contributed by atoms with Gasteiger partial charge in [-0.1, -0.05) is 0 Å². The van der Waals surface area contributed by atoms with Crippen LogP contribution in [0.3, 0.4) is 0 Å². The summed E-state index contributed by atoms with van der Waals surface area (Å²) in [4.78, 5) is 34.2. The molecule has 4 heterocycles. The van der Waals surface area contributed by atoms with Crippen molar-refractivity contribution in [3.05, 3.63) is 52.2 Å². The van der Waals surface area contributed by atoms with Crippen molar-refractivity contribution in [2.24, 2.45) is 0 Å². The van der Waals surface area contributed by atoms with Crippen LogP contribution in [0, 0.1) is 6.92 Å². The summed E-state index contributed by atoms with van der Waals surface area (Å²) in [5, 5.41) is 0.942. The largest absolute Gasteiger partial charge is 0.351 e. The third-order valence-electron chi connectivity index (χ3n) is 3.90. The molecule has 1 N–H and O–H groups in total. The second kappa shape index (κ2) is 4.87. The molecule has 4 rings (SSSR count). The minimum Gasteiger partial charge on any atom is -0.351 e. The van der Waals surface area contributed by atoms with Crippen molar-refractivity contribution in [3.63, 3.8) is 0 Å². The number of anilines is 1. The van der Waals surface area contributed by atoms with E-state index < -0.39 is 0 Å². The van der Waals surface area contributed by atoms with Crippen molar-refractivity contribution in [2.45, 2.75) is 19.9 Å². The highest BCUT2D eigenvalue weighted by Crippen LogP contribution is 2.25. The van der Waals surface area contributed by atoms with Gasteiger partial charge in [0, 0.05) is 24.5 Å². The van der Waals surface area contributed by atoms with E-state index in [-0.39, 0.29) is 5.56 Å². The van der Waals surface area contributed by atoms with Crippen LogP contribution in [-0.2, 0) is 13.0 Å². The minimum atomic E-state index is -0.0628. The Morgan fingerprint density at radius 3 is 3.14 bits per heavy atom. The highest BCUT2D eigenvalue weighted by atomic mass is 16.1. The van der Waals surface area contributed by atoms with Crippen LogP contribution in [0.4, 0.5) is 5.82 Å². The maximum atomic E-state index is 12.2. The molecule has 7 nitrogen and oxygen atoms in total. The zero-order valence-electron chi connectivity index (χ0n) is 12.1. The van der Waals surface area contributed by atoms with Crippen molar-refractivity contribution in [1.82, 2.24) is 24.9 Å². The standard InChI is InChI=1S/C15H14N6O/c1-9-19-12-3-5-21(7-11(12)15(22)20-9)14-10-2-4-16-6-13(10)17-8-18-14/h2,4,6,8H,3,5,7H2,1H3,(H,19,20,22). The Morgan fingerprint density at radius 1 is 1.32 bits per heavy atom. The van der Waals surface area contributed by atoms with Crippen molar-refractivity contribution in [2.75, 3.05) is 11.4 Å². The maximum absolute atomic E-state index is 12.2. The maximum Gasteiger partial charge on any atom is 0.256 e. The number of aromatic amines is 1. The first-order valence-corrected chi connectivity index (χ1v) is 7.11. The molecule has 0 bridgehead atoms. The first kappa shape index (κ1) is 12.9. The fourth-order valence-electron chi connectivity index (χ4n) is 2.88. The normalized spacial score (nSPS) is 14.1. The molecule has 3 aromatic rings. The number of fused-ring (bicyclic) bond motifs is 2. The van der Waals surface area contributed by atoms with Crippen LogP contribution < -0.4 is 10.5 Å². The molecule has 0 amide bonds. The number of aryl methyl sites for hydroxylation is 1. The molecule has 1 aliphatic heterocycles. The number of rotatable bonds is 1. The van der Waals surface area contributed by atoms with Gasteiger partial charge in [-0.2, -0.15) is 0 Å². The molecule has 0 fully saturated rings. The van der Waals surface area contributed by atoms with Gasteiger partial charge in [-0.25, -0.2) is 15.0 Å². The lowest BCUT2D eigenvalue weighted by atomic mass is 10.1. The lowest BCUT2D eigenvalue weighted by Crippen LogP contribution is -2.36. The zero-order chi connectivity index (χ0) is 15.1. The molecule has 3 aromatic heterocycles. The van der Waals surface area contributed by atoms with Gasteiger partial charge in [-0.05, 0) is 13.0 Å². The van der Waals surface area contributed by atoms with Gasteiger partial charge < -0.3 is 9.88 Å². The summed E-state index contributed by atoms with van der Waals surface area (Å²) < 4.78 is 0. The summed E-state index contributed by atoms with van der Waals surface area (Å²) in [5.74, 6) is 1.49. The van der Waals surface area contributed by atoms with Crippen LogP contribution in [-0.4, -0.2) is 31.5 Å². The van der Waals surface area contributed by atoms with E-state index in [1.54, 1.807) is 19.3 Å². The number of hydrogen-bond donors (Lipinski definition) is 1. The molecular formula is C15H14N6O. The quantitative estimate of drug-likeness (QED) is 0.720. The fraction of sp³-hybridized carbons (Fsp3) is 0.267. The molecule has 7 heteroatoms. The number of H-pyrrole nitrogens is 1. The summed E-state index contributed by atoms with van der Waals surface area (Å²) in [6.45, 7) is 3.09. The highest BCUT2D eigenvalue weighted by molar-refractivity contribution is 5.88. The number of nitrogens with one attached hydrogen (secondary N) is 1. The number of hydrogen-bond acceptors (Lipinski definition) is 6. The topological polar surface area (TPSA) is 87.7 Å². The molecule has 0 atom stereocenters. The third-order valence-corrected chi connectivity index (χ3v) is 3.90. The fourth-order valence-corrected chi connectivity index (χ4v) is 2.88. The Hall–Kier alpha value is -2.83. The van der Waals surface area contributed by atoms with Gasteiger partial charge in [0.05, 0.1) is 29.5 Å². The molecule has 1 aliphatic rings. The Kier molecular flexibility index (Phi) is 2.85. The van der Waals surface area contributed by atoms with E-state index in [0.29, 0.717) is 12.4 Å². The SMILES string of the molecule is Cc1nc2c(c(=O)[nH]1)CN(c1ncnc3cnccc13)CC2. The molecule has 0 saturated carbocycles.